The van der Waals surface area contributed by atoms with E-state index in [-0.39, 0.29) is 30.2 Å². The third kappa shape index (κ3) is 6.00. The monoisotopic (exact) mass is 336 g/mol. The second-order valence-corrected chi connectivity index (χ2v) is 5.22. The van der Waals surface area contributed by atoms with Crippen molar-refractivity contribution < 1.29 is 9.18 Å². The molecule has 2 aromatic rings. The molecule has 23 heavy (non-hydrogen) atoms. The van der Waals surface area contributed by atoms with Gasteiger partial charge in [-0.3, -0.25) is 4.79 Å². The smallest absolute Gasteiger partial charge is 0.220 e. The number of benzene rings is 2. The highest BCUT2D eigenvalue weighted by Gasteiger charge is 2.18. The van der Waals surface area contributed by atoms with Crippen molar-refractivity contribution in [1.29, 1.82) is 0 Å². The molecule has 5 heteroatoms. The van der Waals surface area contributed by atoms with Crippen molar-refractivity contribution >= 4 is 18.3 Å². The molecule has 0 fully saturated rings. The predicted molar refractivity (Wildman–Crippen MR) is 93.0 cm³/mol. The molecular weight excluding hydrogens is 315 g/mol. The largest absolute Gasteiger partial charge is 0.349 e. The summed E-state index contributed by atoms with van der Waals surface area (Å²) < 4.78 is 14.1. The van der Waals surface area contributed by atoms with Gasteiger partial charge in [-0.2, -0.15) is 0 Å². The number of halogens is 2. The van der Waals surface area contributed by atoms with Gasteiger partial charge in [-0.15, -0.1) is 12.4 Å². The summed E-state index contributed by atoms with van der Waals surface area (Å²) in [7, 11) is 0. The number of amides is 1. The second kappa shape index (κ2) is 9.98. The standard InChI is InChI=1S/C18H21FN2O.ClH/c19-16-10-5-4-9-15(16)17(21-18(22)11-6-12-20)13-14-7-2-1-3-8-14;/h1-5,7-10,17H,6,11-13,20H2,(H,21,22);1H. The molecule has 3 nitrogen and oxygen atoms in total. The van der Waals surface area contributed by atoms with Crippen LogP contribution in [0.25, 0.3) is 0 Å². The first kappa shape index (κ1) is 19.1. The lowest BCUT2D eigenvalue weighted by Gasteiger charge is -2.20. The zero-order valence-corrected chi connectivity index (χ0v) is 13.7. The number of carbonyl (C=O) groups is 1. The molecular formula is C18H22ClFN2O. The molecule has 1 atom stereocenters. The molecule has 0 heterocycles. The Labute approximate surface area is 142 Å². The van der Waals surface area contributed by atoms with E-state index in [9.17, 15) is 9.18 Å². The molecule has 0 radical (unpaired) electrons. The van der Waals surface area contributed by atoms with Crippen molar-refractivity contribution in [3.05, 3.63) is 71.5 Å². The minimum atomic E-state index is -0.381. The maximum absolute atomic E-state index is 14.1. The Morgan fingerprint density at radius 3 is 2.39 bits per heavy atom. The van der Waals surface area contributed by atoms with Gasteiger partial charge in [-0.05, 0) is 31.0 Å². The molecule has 0 aliphatic carbocycles. The van der Waals surface area contributed by atoms with Crippen LogP contribution >= 0.6 is 12.4 Å². The van der Waals surface area contributed by atoms with E-state index in [0.717, 1.165) is 5.56 Å². The normalized spacial score (nSPS) is 11.4. The molecule has 0 spiro atoms. The molecule has 2 aromatic carbocycles. The molecule has 1 unspecified atom stereocenters. The first-order valence-corrected chi connectivity index (χ1v) is 7.48. The summed E-state index contributed by atoms with van der Waals surface area (Å²) in [5.41, 5.74) is 6.98. The van der Waals surface area contributed by atoms with Gasteiger partial charge >= 0.3 is 0 Å². The highest BCUT2D eigenvalue weighted by molar-refractivity contribution is 5.85. The van der Waals surface area contributed by atoms with Crippen molar-refractivity contribution in [3.63, 3.8) is 0 Å². The van der Waals surface area contributed by atoms with E-state index < -0.39 is 0 Å². The van der Waals surface area contributed by atoms with E-state index in [1.165, 1.54) is 6.07 Å². The number of hydrogen-bond acceptors (Lipinski definition) is 2. The fourth-order valence-corrected chi connectivity index (χ4v) is 2.38. The maximum atomic E-state index is 14.1. The number of rotatable bonds is 7. The summed E-state index contributed by atoms with van der Waals surface area (Å²) in [5.74, 6) is -0.405. The van der Waals surface area contributed by atoms with Crippen LogP contribution in [-0.2, 0) is 11.2 Å². The first-order chi connectivity index (χ1) is 10.7. The van der Waals surface area contributed by atoms with Crippen molar-refractivity contribution in [2.75, 3.05) is 6.54 Å². The van der Waals surface area contributed by atoms with Crippen LogP contribution < -0.4 is 11.1 Å². The Balaban J connectivity index is 0.00000264. The zero-order chi connectivity index (χ0) is 15.8. The molecule has 2 rings (SSSR count). The Hall–Kier alpha value is -1.91. The average Bonchev–Trinajstić information content (AvgIpc) is 2.54. The van der Waals surface area contributed by atoms with Crippen molar-refractivity contribution in [2.45, 2.75) is 25.3 Å². The van der Waals surface area contributed by atoms with Gasteiger partial charge in [-0.1, -0.05) is 48.5 Å². The lowest BCUT2D eigenvalue weighted by Crippen LogP contribution is -2.30. The summed E-state index contributed by atoms with van der Waals surface area (Å²) in [4.78, 5) is 12.0. The van der Waals surface area contributed by atoms with Gasteiger partial charge in [0, 0.05) is 12.0 Å². The maximum Gasteiger partial charge on any atom is 0.220 e. The van der Waals surface area contributed by atoms with E-state index in [0.29, 0.717) is 31.4 Å². The zero-order valence-electron chi connectivity index (χ0n) is 12.9. The minimum Gasteiger partial charge on any atom is -0.349 e. The third-order valence-corrected chi connectivity index (χ3v) is 3.51. The van der Waals surface area contributed by atoms with Crippen LogP contribution in [0, 0.1) is 5.82 Å². The summed E-state index contributed by atoms with van der Waals surface area (Å²) in [6.07, 6.45) is 1.54. The van der Waals surface area contributed by atoms with Crippen LogP contribution in [0.2, 0.25) is 0 Å². The Morgan fingerprint density at radius 2 is 1.74 bits per heavy atom. The van der Waals surface area contributed by atoms with Crippen LogP contribution in [0.1, 0.15) is 30.0 Å². The van der Waals surface area contributed by atoms with Crippen molar-refractivity contribution in [2.24, 2.45) is 5.73 Å². The molecule has 0 aromatic heterocycles. The third-order valence-electron chi connectivity index (χ3n) is 3.51. The Bertz CT molecular complexity index is 607. The number of nitrogens with one attached hydrogen (secondary N) is 1. The molecule has 0 aliphatic heterocycles. The SMILES string of the molecule is Cl.NCCCC(=O)NC(Cc1ccccc1)c1ccccc1F. The van der Waals surface area contributed by atoms with Gasteiger partial charge in [0.05, 0.1) is 6.04 Å². The fraction of sp³-hybridized carbons (Fsp3) is 0.278. The lowest BCUT2D eigenvalue weighted by atomic mass is 9.98. The molecule has 0 saturated carbocycles. The highest BCUT2D eigenvalue weighted by Crippen LogP contribution is 2.21. The van der Waals surface area contributed by atoms with Crippen LogP contribution in [0.5, 0.6) is 0 Å². The Kier molecular flexibility index (Phi) is 8.30. The summed E-state index contributed by atoms with van der Waals surface area (Å²) >= 11 is 0. The van der Waals surface area contributed by atoms with Crippen molar-refractivity contribution in [3.8, 4) is 0 Å². The van der Waals surface area contributed by atoms with Gasteiger partial charge in [0.25, 0.3) is 0 Å². The van der Waals surface area contributed by atoms with E-state index in [2.05, 4.69) is 5.32 Å². The van der Waals surface area contributed by atoms with Gasteiger partial charge in [-0.25, -0.2) is 4.39 Å². The van der Waals surface area contributed by atoms with Gasteiger partial charge in [0.2, 0.25) is 5.91 Å². The van der Waals surface area contributed by atoms with Crippen LogP contribution in [-0.4, -0.2) is 12.5 Å². The van der Waals surface area contributed by atoms with E-state index in [4.69, 9.17) is 5.73 Å². The van der Waals surface area contributed by atoms with Crippen LogP contribution in [0.4, 0.5) is 4.39 Å². The van der Waals surface area contributed by atoms with Gasteiger partial charge in [0.1, 0.15) is 5.82 Å². The van der Waals surface area contributed by atoms with E-state index in [1.807, 2.05) is 30.3 Å². The predicted octanol–water partition coefficient (Wildman–Crippen LogP) is 3.39. The van der Waals surface area contributed by atoms with Crippen LogP contribution in [0.3, 0.4) is 0 Å². The quantitative estimate of drug-likeness (QED) is 0.814. The van der Waals surface area contributed by atoms with Crippen LogP contribution in [0.15, 0.2) is 54.6 Å². The highest BCUT2D eigenvalue weighted by atomic mass is 35.5. The van der Waals surface area contributed by atoms with Gasteiger partial charge < -0.3 is 11.1 Å². The molecule has 0 bridgehead atoms. The number of carbonyl (C=O) groups excluding carboxylic acids is 1. The topological polar surface area (TPSA) is 55.1 Å². The molecule has 1 amide bonds. The lowest BCUT2D eigenvalue weighted by molar-refractivity contribution is -0.121. The summed E-state index contributed by atoms with van der Waals surface area (Å²) in [6.45, 7) is 0.469. The Morgan fingerprint density at radius 1 is 1.09 bits per heavy atom. The molecule has 3 N–H and O–H groups in total. The fourth-order valence-electron chi connectivity index (χ4n) is 2.38. The number of nitrogens with two attached hydrogens (primary N) is 1. The molecule has 124 valence electrons. The molecule has 0 aliphatic rings. The second-order valence-electron chi connectivity index (χ2n) is 5.22. The summed E-state index contributed by atoms with van der Waals surface area (Å²) in [6, 6.07) is 15.9. The number of hydrogen-bond donors (Lipinski definition) is 2. The average molecular weight is 337 g/mol. The van der Waals surface area contributed by atoms with E-state index >= 15 is 0 Å². The first-order valence-electron chi connectivity index (χ1n) is 7.48. The van der Waals surface area contributed by atoms with Crippen molar-refractivity contribution in [1.82, 2.24) is 5.32 Å². The summed E-state index contributed by atoms with van der Waals surface area (Å²) in [5, 5.41) is 2.92. The molecule has 0 saturated heterocycles. The van der Waals surface area contributed by atoms with Gasteiger partial charge in [0.15, 0.2) is 0 Å². The minimum absolute atomic E-state index is 0. The van der Waals surface area contributed by atoms with E-state index in [1.54, 1.807) is 18.2 Å².